The molecular formula is C15H18N2O3. The lowest BCUT2D eigenvalue weighted by atomic mass is 10.1. The van der Waals surface area contributed by atoms with E-state index in [0.29, 0.717) is 12.5 Å². The molecule has 5 heteroatoms. The highest BCUT2D eigenvalue weighted by molar-refractivity contribution is 5.93. The molecule has 0 fully saturated rings. The maximum absolute atomic E-state index is 10.9. The zero-order valence-corrected chi connectivity index (χ0v) is 11.7. The van der Waals surface area contributed by atoms with E-state index in [2.05, 4.69) is 9.88 Å². The van der Waals surface area contributed by atoms with Crippen LogP contribution in [0.1, 0.15) is 16.8 Å². The Morgan fingerprint density at radius 1 is 1.30 bits per heavy atom. The van der Waals surface area contributed by atoms with Gasteiger partial charge in [0.2, 0.25) is 5.88 Å². The number of ether oxygens (including phenoxy) is 1. The summed E-state index contributed by atoms with van der Waals surface area (Å²) in [6.45, 7) is 1.58. The van der Waals surface area contributed by atoms with E-state index in [-0.39, 0.29) is 5.56 Å². The molecule has 0 radical (unpaired) electrons. The maximum Gasteiger partial charge on any atom is 0.335 e. The van der Waals surface area contributed by atoms with Gasteiger partial charge in [-0.05, 0) is 44.8 Å². The van der Waals surface area contributed by atoms with Crippen LogP contribution in [0.3, 0.4) is 0 Å². The Morgan fingerprint density at radius 3 is 2.80 bits per heavy atom. The largest absolute Gasteiger partial charge is 0.478 e. The van der Waals surface area contributed by atoms with Crippen molar-refractivity contribution in [2.24, 2.45) is 0 Å². The third-order valence-corrected chi connectivity index (χ3v) is 2.91. The van der Waals surface area contributed by atoms with E-state index in [4.69, 9.17) is 9.84 Å². The first kappa shape index (κ1) is 14.3. The number of aromatic carboxylic acids is 1. The van der Waals surface area contributed by atoms with Gasteiger partial charge in [0.1, 0.15) is 0 Å². The first-order chi connectivity index (χ1) is 9.56. The van der Waals surface area contributed by atoms with Gasteiger partial charge in [0.15, 0.2) is 0 Å². The number of fused-ring (bicyclic) bond motifs is 1. The minimum absolute atomic E-state index is 0.263. The van der Waals surface area contributed by atoms with E-state index in [0.717, 1.165) is 23.9 Å². The van der Waals surface area contributed by atoms with Crippen LogP contribution in [0.25, 0.3) is 10.9 Å². The van der Waals surface area contributed by atoms with Crippen molar-refractivity contribution in [3.8, 4) is 5.88 Å². The number of aromatic nitrogens is 1. The highest BCUT2D eigenvalue weighted by Crippen LogP contribution is 2.18. The summed E-state index contributed by atoms with van der Waals surface area (Å²) in [6, 6.07) is 8.46. The number of pyridine rings is 1. The van der Waals surface area contributed by atoms with Gasteiger partial charge in [-0.25, -0.2) is 9.78 Å². The molecule has 0 saturated carbocycles. The third kappa shape index (κ3) is 3.68. The van der Waals surface area contributed by atoms with E-state index in [1.807, 2.05) is 20.2 Å². The lowest BCUT2D eigenvalue weighted by Crippen LogP contribution is -2.15. The lowest BCUT2D eigenvalue weighted by molar-refractivity contribution is 0.0697. The van der Waals surface area contributed by atoms with Gasteiger partial charge in [-0.1, -0.05) is 0 Å². The minimum Gasteiger partial charge on any atom is -0.478 e. The summed E-state index contributed by atoms with van der Waals surface area (Å²) in [4.78, 5) is 17.4. The van der Waals surface area contributed by atoms with Gasteiger partial charge in [0.05, 0.1) is 17.7 Å². The number of benzene rings is 1. The molecule has 1 heterocycles. The van der Waals surface area contributed by atoms with Gasteiger partial charge >= 0.3 is 5.97 Å². The third-order valence-electron chi connectivity index (χ3n) is 2.91. The standard InChI is InChI=1S/C15H18N2O3/c1-17(2)8-3-9-20-14-7-5-11-10-12(15(18)19)4-6-13(11)16-14/h4-7,10H,3,8-9H2,1-2H3,(H,18,19). The first-order valence-corrected chi connectivity index (χ1v) is 6.48. The van der Waals surface area contributed by atoms with Crippen LogP contribution >= 0.6 is 0 Å². The molecule has 5 nitrogen and oxygen atoms in total. The molecule has 0 unspecified atom stereocenters. The minimum atomic E-state index is -0.934. The van der Waals surface area contributed by atoms with Crippen LogP contribution in [-0.2, 0) is 0 Å². The monoisotopic (exact) mass is 274 g/mol. The molecule has 0 aliphatic rings. The SMILES string of the molecule is CN(C)CCCOc1ccc2cc(C(=O)O)ccc2n1. The summed E-state index contributed by atoms with van der Waals surface area (Å²) < 4.78 is 5.59. The molecule has 0 saturated heterocycles. The molecule has 2 aromatic rings. The summed E-state index contributed by atoms with van der Waals surface area (Å²) in [5.41, 5.74) is 0.999. The summed E-state index contributed by atoms with van der Waals surface area (Å²) in [7, 11) is 4.04. The van der Waals surface area contributed by atoms with Crippen LogP contribution in [0.2, 0.25) is 0 Å². The molecule has 0 aliphatic heterocycles. The fourth-order valence-electron chi connectivity index (χ4n) is 1.88. The van der Waals surface area contributed by atoms with Gasteiger partial charge in [-0.15, -0.1) is 0 Å². The van der Waals surface area contributed by atoms with Crippen LogP contribution in [0, 0.1) is 0 Å². The predicted molar refractivity (Wildman–Crippen MR) is 77.4 cm³/mol. The fourth-order valence-corrected chi connectivity index (χ4v) is 1.88. The van der Waals surface area contributed by atoms with Crippen molar-refractivity contribution >= 4 is 16.9 Å². The van der Waals surface area contributed by atoms with Crippen LogP contribution in [0.5, 0.6) is 5.88 Å². The molecule has 106 valence electrons. The van der Waals surface area contributed by atoms with Gasteiger partial charge in [-0.3, -0.25) is 0 Å². The smallest absolute Gasteiger partial charge is 0.335 e. The topological polar surface area (TPSA) is 62.7 Å². The molecule has 1 aromatic heterocycles. The van der Waals surface area contributed by atoms with Crippen molar-refractivity contribution in [3.63, 3.8) is 0 Å². The molecule has 0 bridgehead atoms. The van der Waals surface area contributed by atoms with Gasteiger partial charge < -0.3 is 14.7 Å². The average Bonchev–Trinajstić information content (AvgIpc) is 2.42. The van der Waals surface area contributed by atoms with Gasteiger partial charge in [0.25, 0.3) is 0 Å². The second kappa shape index (κ2) is 6.34. The molecule has 0 aliphatic carbocycles. The van der Waals surface area contributed by atoms with Crippen molar-refractivity contribution in [2.45, 2.75) is 6.42 Å². The van der Waals surface area contributed by atoms with Gasteiger partial charge in [-0.2, -0.15) is 0 Å². The van der Waals surface area contributed by atoms with Crippen molar-refractivity contribution in [3.05, 3.63) is 35.9 Å². The van der Waals surface area contributed by atoms with Gasteiger partial charge in [0, 0.05) is 18.0 Å². The molecule has 1 aromatic carbocycles. The highest BCUT2D eigenvalue weighted by Gasteiger charge is 2.05. The van der Waals surface area contributed by atoms with Crippen LogP contribution in [0.15, 0.2) is 30.3 Å². The Kier molecular flexibility index (Phi) is 4.53. The van der Waals surface area contributed by atoms with Crippen LogP contribution in [0.4, 0.5) is 0 Å². The number of carbonyl (C=O) groups is 1. The molecular weight excluding hydrogens is 256 g/mol. The Bertz CT molecular complexity index is 611. The Labute approximate surface area is 117 Å². The zero-order chi connectivity index (χ0) is 14.5. The Balaban J connectivity index is 2.06. The summed E-state index contributed by atoms with van der Waals surface area (Å²) in [6.07, 6.45) is 0.935. The van der Waals surface area contributed by atoms with Crippen LogP contribution < -0.4 is 4.74 Å². The van der Waals surface area contributed by atoms with E-state index in [9.17, 15) is 4.79 Å². The zero-order valence-electron chi connectivity index (χ0n) is 11.7. The quantitative estimate of drug-likeness (QED) is 0.819. The number of carboxylic acids is 1. The number of rotatable bonds is 6. The summed E-state index contributed by atoms with van der Waals surface area (Å²) >= 11 is 0. The summed E-state index contributed by atoms with van der Waals surface area (Å²) in [5, 5.41) is 9.73. The van der Waals surface area contributed by atoms with Crippen LogP contribution in [-0.4, -0.2) is 48.2 Å². The lowest BCUT2D eigenvalue weighted by Gasteiger charge is -2.10. The van der Waals surface area contributed by atoms with E-state index < -0.39 is 5.97 Å². The van der Waals surface area contributed by atoms with E-state index in [1.54, 1.807) is 24.3 Å². The van der Waals surface area contributed by atoms with Crippen molar-refractivity contribution in [1.29, 1.82) is 0 Å². The van der Waals surface area contributed by atoms with E-state index >= 15 is 0 Å². The van der Waals surface area contributed by atoms with E-state index in [1.165, 1.54) is 0 Å². The number of carboxylic acid groups (broad SMARTS) is 1. The molecule has 0 spiro atoms. The Hall–Kier alpha value is -2.14. The maximum atomic E-state index is 10.9. The Morgan fingerprint density at radius 2 is 2.10 bits per heavy atom. The number of hydrogen-bond donors (Lipinski definition) is 1. The second-order valence-corrected chi connectivity index (χ2v) is 4.87. The normalized spacial score (nSPS) is 10.9. The predicted octanol–water partition coefficient (Wildman–Crippen LogP) is 2.26. The number of hydrogen-bond acceptors (Lipinski definition) is 4. The molecule has 2 rings (SSSR count). The molecule has 0 atom stereocenters. The highest BCUT2D eigenvalue weighted by atomic mass is 16.5. The number of nitrogens with zero attached hydrogens (tertiary/aromatic N) is 2. The van der Waals surface area contributed by atoms with Crippen molar-refractivity contribution < 1.29 is 14.6 Å². The summed E-state index contributed by atoms with van der Waals surface area (Å²) in [5.74, 6) is -0.366. The molecule has 1 N–H and O–H groups in total. The molecule has 20 heavy (non-hydrogen) atoms. The van der Waals surface area contributed by atoms with Crippen molar-refractivity contribution in [2.75, 3.05) is 27.2 Å². The molecule has 0 amide bonds. The average molecular weight is 274 g/mol. The van der Waals surface area contributed by atoms with Crippen molar-refractivity contribution in [1.82, 2.24) is 9.88 Å². The fraction of sp³-hybridized carbons (Fsp3) is 0.333. The first-order valence-electron chi connectivity index (χ1n) is 6.48. The second-order valence-electron chi connectivity index (χ2n) is 4.87.